The highest BCUT2D eigenvalue weighted by Gasteiger charge is 2.31. The molecule has 1 fully saturated rings. The summed E-state index contributed by atoms with van der Waals surface area (Å²) in [7, 11) is 0. The topological polar surface area (TPSA) is 44.5 Å². The summed E-state index contributed by atoms with van der Waals surface area (Å²) in [5.74, 6) is 0.636. The molecule has 0 radical (unpaired) electrons. The third kappa shape index (κ3) is 3.48. The second kappa shape index (κ2) is 7.15. The minimum absolute atomic E-state index is 0.0216. The molecule has 1 heterocycles. The molecule has 2 atom stereocenters. The Balaban J connectivity index is 2.00. The van der Waals surface area contributed by atoms with Gasteiger partial charge in [-0.15, -0.1) is 0 Å². The third-order valence-corrected chi connectivity index (χ3v) is 4.22. The summed E-state index contributed by atoms with van der Waals surface area (Å²) in [6, 6.07) is 0.0216. The minimum Gasteiger partial charge on any atom is -0.501 e. The third-order valence-electron chi connectivity index (χ3n) is 4.22. The van der Waals surface area contributed by atoms with Crippen LogP contribution in [0, 0.1) is 5.92 Å². The van der Waals surface area contributed by atoms with E-state index in [2.05, 4.69) is 6.92 Å². The summed E-state index contributed by atoms with van der Waals surface area (Å²) < 4.78 is 11.4. The average Bonchev–Trinajstić information content (AvgIpc) is 2.46. The van der Waals surface area contributed by atoms with Crippen LogP contribution < -0.4 is 5.73 Å². The Bertz CT molecular complexity index is 272. The highest BCUT2D eigenvalue weighted by molar-refractivity contribution is 5.12. The molecule has 3 heteroatoms. The maximum atomic E-state index is 6.44. The van der Waals surface area contributed by atoms with Crippen LogP contribution in [-0.4, -0.2) is 25.4 Å². The first-order valence-corrected chi connectivity index (χ1v) is 7.50. The monoisotopic (exact) mass is 253 g/mol. The molecule has 0 bridgehead atoms. The van der Waals surface area contributed by atoms with Crippen molar-refractivity contribution in [2.24, 2.45) is 11.7 Å². The molecule has 0 amide bonds. The van der Waals surface area contributed by atoms with Gasteiger partial charge in [0.15, 0.2) is 0 Å². The van der Waals surface area contributed by atoms with Crippen LogP contribution in [0.5, 0.6) is 0 Å². The molecule has 2 rings (SSSR count). The Morgan fingerprint density at radius 3 is 2.72 bits per heavy atom. The van der Waals surface area contributed by atoms with Crippen molar-refractivity contribution in [1.29, 1.82) is 0 Å². The van der Waals surface area contributed by atoms with Crippen molar-refractivity contribution < 1.29 is 9.47 Å². The maximum absolute atomic E-state index is 6.44. The average molecular weight is 253 g/mol. The number of hydrogen-bond donors (Lipinski definition) is 1. The maximum Gasteiger partial charge on any atom is 0.0876 e. The highest BCUT2D eigenvalue weighted by Crippen LogP contribution is 2.31. The molecule has 1 saturated carbocycles. The Labute approximate surface area is 111 Å². The van der Waals surface area contributed by atoms with Gasteiger partial charge >= 0.3 is 0 Å². The summed E-state index contributed by atoms with van der Waals surface area (Å²) in [6.07, 6.45) is 10.8. The molecule has 0 aromatic carbocycles. The molecule has 104 valence electrons. The van der Waals surface area contributed by atoms with Gasteiger partial charge in [-0.05, 0) is 44.1 Å². The number of rotatable bonds is 5. The molecule has 2 aliphatic rings. The first kappa shape index (κ1) is 13.9. The van der Waals surface area contributed by atoms with E-state index in [4.69, 9.17) is 15.2 Å². The predicted octanol–water partition coefficient (Wildman–Crippen LogP) is 2.99. The van der Waals surface area contributed by atoms with Crippen molar-refractivity contribution >= 4 is 0 Å². The Hall–Kier alpha value is -0.540. The molecule has 0 aromatic heterocycles. The first-order valence-electron chi connectivity index (χ1n) is 7.50. The van der Waals surface area contributed by atoms with Gasteiger partial charge in [-0.1, -0.05) is 19.3 Å². The molecule has 2 N–H and O–H groups in total. The molecule has 1 aliphatic heterocycles. The van der Waals surface area contributed by atoms with Crippen molar-refractivity contribution in [1.82, 2.24) is 0 Å². The second-order valence-corrected chi connectivity index (χ2v) is 5.51. The van der Waals surface area contributed by atoms with Crippen LogP contribution in [-0.2, 0) is 9.47 Å². The quantitative estimate of drug-likeness (QED) is 0.819. The molecular formula is C15H27NO2. The zero-order chi connectivity index (χ0) is 12.8. The lowest BCUT2D eigenvalue weighted by atomic mass is 9.80. The van der Waals surface area contributed by atoms with E-state index in [0.717, 1.165) is 26.1 Å². The van der Waals surface area contributed by atoms with Crippen LogP contribution >= 0.6 is 0 Å². The van der Waals surface area contributed by atoms with Gasteiger partial charge in [0.1, 0.15) is 0 Å². The lowest BCUT2D eigenvalue weighted by molar-refractivity contribution is -0.00425. The van der Waals surface area contributed by atoms with E-state index >= 15 is 0 Å². The van der Waals surface area contributed by atoms with E-state index in [0.29, 0.717) is 5.92 Å². The van der Waals surface area contributed by atoms with Gasteiger partial charge in [0.25, 0.3) is 0 Å². The SMILES string of the molecule is CCOC(C1CCCCC1)C(N)C1=COCCC1. The van der Waals surface area contributed by atoms with Gasteiger partial charge in [0, 0.05) is 6.61 Å². The standard InChI is InChI=1S/C15H27NO2/c1-2-18-15(12-7-4-3-5-8-12)14(16)13-9-6-10-17-11-13/h11-12,14-15H,2-10,16H2,1H3. The molecular weight excluding hydrogens is 226 g/mol. The van der Waals surface area contributed by atoms with Gasteiger partial charge in [-0.3, -0.25) is 0 Å². The smallest absolute Gasteiger partial charge is 0.0876 e. The van der Waals surface area contributed by atoms with Gasteiger partial charge < -0.3 is 15.2 Å². The molecule has 0 spiro atoms. The molecule has 0 saturated heterocycles. The normalized spacial score (nSPS) is 25.1. The van der Waals surface area contributed by atoms with Crippen molar-refractivity contribution in [2.45, 2.75) is 64.0 Å². The lowest BCUT2D eigenvalue weighted by Gasteiger charge is -2.35. The zero-order valence-electron chi connectivity index (χ0n) is 11.6. The molecule has 2 unspecified atom stereocenters. The molecule has 3 nitrogen and oxygen atoms in total. The van der Waals surface area contributed by atoms with Crippen molar-refractivity contribution in [2.75, 3.05) is 13.2 Å². The van der Waals surface area contributed by atoms with E-state index in [-0.39, 0.29) is 12.1 Å². The highest BCUT2D eigenvalue weighted by atomic mass is 16.5. The second-order valence-electron chi connectivity index (χ2n) is 5.51. The fourth-order valence-corrected chi connectivity index (χ4v) is 3.23. The first-order chi connectivity index (χ1) is 8.83. The van der Waals surface area contributed by atoms with Crippen LogP contribution in [0.1, 0.15) is 51.9 Å². The summed E-state index contributed by atoms with van der Waals surface area (Å²) in [4.78, 5) is 0. The summed E-state index contributed by atoms with van der Waals surface area (Å²) in [6.45, 7) is 3.65. The Morgan fingerprint density at radius 2 is 2.11 bits per heavy atom. The van der Waals surface area contributed by atoms with E-state index in [1.807, 2.05) is 6.26 Å². The largest absolute Gasteiger partial charge is 0.501 e. The van der Waals surface area contributed by atoms with Gasteiger partial charge in [0.05, 0.1) is 25.0 Å². The lowest BCUT2D eigenvalue weighted by Crippen LogP contribution is -2.44. The Kier molecular flexibility index (Phi) is 5.51. The van der Waals surface area contributed by atoms with Crippen molar-refractivity contribution in [3.8, 4) is 0 Å². The summed E-state index contributed by atoms with van der Waals surface area (Å²) >= 11 is 0. The van der Waals surface area contributed by atoms with Crippen LogP contribution in [0.25, 0.3) is 0 Å². The van der Waals surface area contributed by atoms with Crippen LogP contribution in [0.2, 0.25) is 0 Å². The zero-order valence-corrected chi connectivity index (χ0v) is 11.6. The fourth-order valence-electron chi connectivity index (χ4n) is 3.23. The number of hydrogen-bond acceptors (Lipinski definition) is 3. The number of nitrogens with two attached hydrogens (primary N) is 1. The van der Waals surface area contributed by atoms with E-state index < -0.39 is 0 Å². The van der Waals surface area contributed by atoms with E-state index in [1.165, 1.54) is 37.7 Å². The molecule has 18 heavy (non-hydrogen) atoms. The van der Waals surface area contributed by atoms with E-state index in [1.54, 1.807) is 0 Å². The van der Waals surface area contributed by atoms with Crippen molar-refractivity contribution in [3.63, 3.8) is 0 Å². The molecule has 1 aliphatic carbocycles. The summed E-state index contributed by atoms with van der Waals surface area (Å²) in [5, 5.41) is 0. The van der Waals surface area contributed by atoms with E-state index in [9.17, 15) is 0 Å². The van der Waals surface area contributed by atoms with Gasteiger partial charge in [-0.25, -0.2) is 0 Å². The van der Waals surface area contributed by atoms with Crippen molar-refractivity contribution in [3.05, 3.63) is 11.8 Å². The predicted molar refractivity (Wildman–Crippen MR) is 73.2 cm³/mol. The fraction of sp³-hybridized carbons (Fsp3) is 0.867. The van der Waals surface area contributed by atoms with Crippen LogP contribution in [0.3, 0.4) is 0 Å². The summed E-state index contributed by atoms with van der Waals surface area (Å²) in [5.41, 5.74) is 7.68. The Morgan fingerprint density at radius 1 is 1.33 bits per heavy atom. The minimum atomic E-state index is 0.0216. The van der Waals surface area contributed by atoms with Gasteiger partial charge in [-0.2, -0.15) is 0 Å². The molecule has 0 aromatic rings. The van der Waals surface area contributed by atoms with Crippen LogP contribution in [0.4, 0.5) is 0 Å². The van der Waals surface area contributed by atoms with Gasteiger partial charge in [0.2, 0.25) is 0 Å². The number of ether oxygens (including phenoxy) is 2. The van der Waals surface area contributed by atoms with Crippen LogP contribution in [0.15, 0.2) is 11.8 Å².